The zero-order chi connectivity index (χ0) is 14.6. The van der Waals surface area contributed by atoms with Crippen molar-refractivity contribution in [2.45, 2.75) is 58.4 Å². The van der Waals surface area contributed by atoms with E-state index in [1.165, 1.54) is 11.3 Å². The van der Waals surface area contributed by atoms with Gasteiger partial charge in [-0.2, -0.15) is 0 Å². The molecule has 0 bridgehead atoms. The molecule has 1 fully saturated rings. The first kappa shape index (κ1) is 15.9. The Kier molecular flexibility index (Phi) is 5.52. The van der Waals surface area contributed by atoms with Crippen LogP contribution in [0.3, 0.4) is 0 Å². The van der Waals surface area contributed by atoms with Crippen LogP contribution in [0.2, 0.25) is 0 Å². The molecule has 1 N–H and O–H groups in total. The molecule has 114 valence electrons. The molecule has 2 rings (SSSR count). The van der Waals surface area contributed by atoms with Gasteiger partial charge in [0.2, 0.25) is 0 Å². The lowest BCUT2D eigenvalue weighted by atomic mass is 9.85. The lowest BCUT2D eigenvalue weighted by Gasteiger charge is -2.31. The van der Waals surface area contributed by atoms with Crippen LogP contribution in [0.25, 0.3) is 0 Å². The molecule has 0 amide bonds. The fourth-order valence-corrected chi connectivity index (χ4v) is 3.76. The van der Waals surface area contributed by atoms with Crippen molar-refractivity contribution in [3.8, 4) is 0 Å². The molecule has 1 aromatic heterocycles. The van der Waals surface area contributed by atoms with Crippen molar-refractivity contribution in [2.75, 3.05) is 19.8 Å². The van der Waals surface area contributed by atoms with E-state index < -0.39 is 0 Å². The number of hydrogen-bond donors (Lipinski definition) is 1. The second-order valence-corrected chi connectivity index (χ2v) is 7.43. The summed E-state index contributed by atoms with van der Waals surface area (Å²) in [6.07, 6.45) is 3.52. The smallest absolute Gasteiger partial charge is 0.0857 e. The van der Waals surface area contributed by atoms with E-state index in [9.17, 15) is 0 Å². The monoisotopic (exact) mass is 297 g/mol. The van der Waals surface area contributed by atoms with Crippen LogP contribution >= 0.6 is 11.5 Å². The van der Waals surface area contributed by atoms with Crippen molar-refractivity contribution in [1.82, 2.24) is 14.9 Å². The Morgan fingerprint density at radius 3 is 2.85 bits per heavy atom. The molecule has 0 aliphatic carbocycles. The van der Waals surface area contributed by atoms with Crippen molar-refractivity contribution >= 4 is 11.5 Å². The summed E-state index contributed by atoms with van der Waals surface area (Å²) in [5.74, 6) is 0.540. The van der Waals surface area contributed by atoms with Gasteiger partial charge in [-0.15, -0.1) is 5.10 Å². The minimum atomic E-state index is 0.0456. The Morgan fingerprint density at radius 2 is 2.25 bits per heavy atom. The Hall–Kier alpha value is -0.520. The molecule has 2 atom stereocenters. The van der Waals surface area contributed by atoms with E-state index in [2.05, 4.69) is 42.6 Å². The average Bonchev–Trinajstić information content (AvgIpc) is 2.90. The highest BCUT2D eigenvalue weighted by molar-refractivity contribution is 7.05. The summed E-state index contributed by atoms with van der Waals surface area (Å²) in [6, 6.07) is 0.337. The molecule has 5 heteroatoms. The zero-order valence-electron chi connectivity index (χ0n) is 13.1. The van der Waals surface area contributed by atoms with E-state index in [1.807, 2.05) is 0 Å². The maximum atomic E-state index is 5.69. The van der Waals surface area contributed by atoms with Crippen molar-refractivity contribution < 1.29 is 4.74 Å². The molecule has 0 radical (unpaired) electrons. The number of hydrogen-bond acceptors (Lipinski definition) is 5. The predicted molar refractivity (Wildman–Crippen MR) is 83.2 cm³/mol. The molecule has 1 aliphatic heterocycles. The highest BCUT2D eigenvalue weighted by atomic mass is 32.1. The predicted octanol–water partition coefficient (Wildman–Crippen LogP) is 3.30. The molecular formula is C15H27N3OS. The average molecular weight is 297 g/mol. The normalized spacial score (nSPS) is 21.9. The van der Waals surface area contributed by atoms with E-state index >= 15 is 0 Å². The Morgan fingerprint density at radius 1 is 1.45 bits per heavy atom. The molecule has 20 heavy (non-hydrogen) atoms. The van der Waals surface area contributed by atoms with Crippen LogP contribution in [0.15, 0.2) is 0 Å². The fraction of sp³-hybridized carbons (Fsp3) is 0.867. The van der Waals surface area contributed by atoms with Crippen LogP contribution in [-0.4, -0.2) is 29.3 Å². The lowest BCUT2D eigenvalue weighted by molar-refractivity contribution is 0.0393. The minimum Gasteiger partial charge on any atom is -0.381 e. The first-order valence-electron chi connectivity index (χ1n) is 7.68. The maximum absolute atomic E-state index is 5.69. The second kappa shape index (κ2) is 6.96. The van der Waals surface area contributed by atoms with E-state index in [-0.39, 0.29) is 5.41 Å². The standard InChI is InChI=1S/C15H27N3OS/c1-5-8-16-12(11-7-6-9-19-10-11)13-14(15(2,3)4)17-18-20-13/h11-12,16H,5-10H2,1-4H3. The summed E-state index contributed by atoms with van der Waals surface area (Å²) in [6.45, 7) is 11.6. The van der Waals surface area contributed by atoms with Gasteiger partial charge in [0.15, 0.2) is 0 Å². The van der Waals surface area contributed by atoms with Gasteiger partial charge in [0.25, 0.3) is 0 Å². The minimum absolute atomic E-state index is 0.0456. The number of nitrogens with zero attached hydrogens (tertiary/aromatic N) is 2. The summed E-state index contributed by atoms with van der Waals surface area (Å²) in [4.78, 5) is 1.31. The van der Waals surface area contributed by atoms with Gasteiger partial charge in [-0.3, -0.25) is 0 Å². The number of aromatic nitrogens is 2. The van der Waals surface area contributed by atoms with Gasteiger partial charge in [0.1, 0.15) is 0 Å². The highest BCUT2D eigenvalue weighted by Gasteiger charge is 2.32. The van der Waals surface area contributed by atoms with Crippen molar-refractivity contribution in [2.24, 2.45) is 5.92 Å². The second-order valence-electron chi connectivity index (χ2n) is 6.64. The summed E-state index contributed by atoms with van der Waals surface area (Å²) < 4.78 is 9.91. The summed E-state index contributed by atoms with van der Waals surface area (Å²) in [5, 5.41) is 8.10. The SMILES string of the molecule is CCCNC(c1snnc1C(C)(C)C)C1CCCOC1. The third-order valence-corrected chi connectivity index (χ3v) is 4.59. The number of rotatable bonds is 5. The molecule has 2 heterocycles. The van der Waals surface area contributed by atoms with Crippen LogP contribution in [-0.2, 0) is 10.2 Å². The van der Waals surface area contributed by atoms with Crippen LogP contribution in [0, 0.1) is 5.92 Å². The van der Waals surface area contributed by atoms with Crippen LogP contribution in [0.5, 0.6) is 0 Å². The Labute approximate surface area is 126 Å². The van der Waals surface area contributed by atoms with Crippen LogP contribution in [0.4, 0.5) is 0 Å². The zero-order valence-corrected chi connectivity index (χ0v) is 13.9. The van der Waals surface area contributed by atoms with Gasteiger partial charge < -0.3 is 10.1 Å². The first-order chi connectivity index (χ1) is 9.54. The Bertz CT molecular complexity index is 407. The lowest BCUT2D eigenvalue weighted by Crippen LogP contribution is -2.34. The van der Waals surface area contributed by atoms with Gasteiger partial charge in [-0.05, 0) is 37.3 Å². The third-order valence-electron chi connectivity index (χ3n) is 3.79. The highest BCUT2D eigenvalue weighted by Crippen LogP contribution is 2.36. The fourth-order valence-electron chi connectivity index (χ4n) is 2.72. The summed E-state index contributed by atoms with van der Waals surface area (Å²) in [5.41, 5.74) is 1.19. The molecular weight excluding hydrogens is 270 g/mol. The Balaban J connectivity index is 2.23. The molecule has 1 aromatic rings. The van der Waals surface area contributed by atoms with Gasteiger partial charge in [-0.1, -0.05) is 32.2 Å². The van der Waals surface area contributed by atoms with Gasteiger partial charge >= 0.3 is 0 Å². The van der Waals surface area contributed by atoms with Gasteiger partial charge in [-0.25, -0.2) is 0 Å². The molecule has 4 nitrogen and oxygen atoms in total. The third kappa shape index (κ3) is 3.77. The largest absolute Gasteiger partial charge is 0.381 e. The quantitative estimate of drug-likeness (QED) is 0.906. The molecule has 0 spiro atoms. The summed E-state index contributed by atoms with van der Waals surface area (Å²) in [7, 11) is 0. The number of ether oxygens (including phenoxy) is 1. The van der Waals surface area contributed by atoms with Gasteiger partial charge in [0, 0.05) is 17.9 Å². The number of nitrogens with one attached hydrogen (secondary N) is 1. The molecule has 0 saturated carbocycles. The van der Waals surface area contributed by atoms with Crippen LogP contribution < -0.4 is 5.32 Å². The maximum Gasteiger partial charge on any atom is 0.0857 e. The first-order valence-corrected chi connectivity index (χ1v) is 8.45. The molecule has 0 aromatic carbocycles. The van der Waals surface area contributed by atoms with Crippen molar-refractivity contribution in [1.29, 1.82) is 0 Å². The summed E-state index contributed by atoms with van der Waals surface area (Å²) >= 11 is 1.55. The van der Waals surface area contributed by atoms with Gasteiger partial charge in [0.05, 0.1) is 23.2 Å². The molecule has 2 unspecified atom stereocenters. The molecule has 1 aliphatic rings. The topological polar surface area (TPSA) is 47.0 Å². The van der Waals surface area contributed by atoms with Crippen LogP contribution in [0.1, 0.15) is 63.6 Å². The molecule has 1 saturated heterocycles. The van der Waals surface area contributed by atoms with E-state index in [4.69, 9.17) is 4.74 Å². The van der Waals surface area contributed by atoms with E-state index in [1.54, 1.807) is 11.5 Å². The van der Waals surface area contributed by atoms with Crippen molar-refractivity contribution in [3.63, 3.8) is 0 Å². The van der Waals surface area contributed by atoms with E-state index in [0.29, 0.717) is 12.0 Å². The van der Waals surface area contributed by atoms with Crippen molar-refractivity contribution in [3.05, 3.63) is 10.6 Å². The van der Waals surface area contributed by atoms with E-state index in [0.717, 1.165) is 38.3 Å².